The summed E-state index contributed by atoms with van der Waals surface area (Å²) in [6.07, 6.45) is 0. The number of fused-ring (bicyclic) bond motifs is 9. The van der Waals surface area contributed by atoms with E-state index in [9.17, 15) is 0 Å². The number of hydrogen-bond acceptors (Lipinski definition) is 4. The van der Waals surface area contributed by atoms with Gasteiger partial charge < -0.3 is 4.42 Å². The van der Waals surface area contributed by atoms with Crippen LogP contribution in [0.3, 0.4) is 0 Å². The molecule has 2 heterocycles. The minimum absolute atomic E-state index is 0.647. The Hall–Kier alpha value is -5.87. The summed E-state index contributed by atoms with van der Waals surface area (Å²) in [6.45, 7) is 2.08. The quantitative estimate of drug-likeness (QED) is 0.201. The molecule has 9 aromatic rings. The molecule has 7 aromatic carbocycles. The predicted octanol–water partition coefficient (Wildman–Crippen LogP) is 10.5. The first-order chi connectivity index (χ1) is 21.7. The van der Waals surface area contributed by atoms with Crippen molar-refractivity contribution in [2.45, 2.75) is 6.92 Å². The van der Waals surface area contributed by atoms with Gasteiger partial charge in [-0.3, -0.25) is 0 Å². The summed E-state index contributed by atoms with van der Waals surface area (Å²) in [5.74, 6) is 1.96. The summed E-state index contributed by atoms with van der Waals surface area (Å²) < 4.78 is 6.31. The SMILES string of the molecule is Cc1ccc(-c2nc(-c3ccccc3)nc(-c3ccc4c(c3)c3ccccc3c3cc5c(cc43)oc3ccccc35)n2)cc1. The first-order valence-corrected chi connectivity index (χ1v) is 14.8. The van der Waals surface area contributed by atoms with Crippen LogP contribution in [0.15, 0.2) is 138 Å². The van der Waals surface area contributed by atoms with Crippen molar-refractivity contribution in [2.75, 3.05) is 0 Å². The first-order valence-electron chi connectivity index (χ1n) is 14.8. The highest BCUT2D eigenvalue weighted by Gasteiger charge is 2.16. The van der Waals surface area contributed by atoms with E-state index in [1.165, 1.54) is 27.1 Å². The number of para-hydroxylation sites is 1. The van der Waals surface area contributed by atoms with Gasteiger partial charge in [0.15, 0.2) is 17.5 Å². The maximum Gasteiger partial charge on any atom is 0.164 e. The first kappa shape index (κ1) is 24.7. The molecule has 4 heteroatoms. The Labute approximate surface area is 253 Å². The van der Waals surface area contributed by atoms with Gasteiger partial charge in [-0.1, -0.05) is 115 Å². The molecule has 206 valence electrons. The number of aromatic nitrogens is 3. The van der Waals surface area contributed by atoms with Gasteiger partial charge >= 0.3 is 0 Å². The fourth-order valence-corrected chi connectivity index (χ4v) is 6.36. The summed E-state index contributed by atoms with van der Waals surface area (Å²) in [4.78, 5) is 14.9. The van der Waals surface area contributed by atoms with Gasteiger partial charge in [-0.2, -0.15) is 0 Å². The Kier molecular flexibility index (Phi) is 5.38. The molecule has 0 atom stereocenters. The minimum atomic E-state index is 0.647. The Morgan fingerprint density at radius 1 is 0.364 bits per heavy atom. The number of hydrogen-bond donors (Lipinski definition) is 0. The molecule has 0 bridgehead atoms. The lowest BCUT2D eigenvalue weighted by molar-refractivity contribution is 0.669. The van der Waals surface area contributed by atoms with E-state index in [1.54, 1.807) is 0 Å². The fraction of sp³-hybridized carbons (Fsp3) is 0.0250. The lowest BCUT2D eigenvalue weighted by Crippen LogP contribution is -2.00. The van der Waals surface area contributed by atoms with Gasteiger partial charge in [0.1, 0.15) is 11.2 Å². The molecule has 44 heavy (non-hydrogen) atoms. The molecule has 9 rings (SSSR count). The van der Waals surface area contributed by atoms with Crippen molar-refractivity contribution in [2.24, 2.45) is 0 Å². The predicted molar refractivity (Wildman–Crippen MR) is 181 cm³/mol. The average molecular weight is 564 g/mol. The van der Waals surface area contributed by atoms with Gasteiger partial charge in [0, 0.05) is 27.5 Å². The van der Waals surface area contributed by atoms with Gasteiger partial charge in [0.25, 0.3) is 0 Å². The molecule has 4 nitrogen and oxygen atoms in total. The molecule has 0 radical (unpaired) electrons. The maximum atomic E-state index is 6.31. The van der Waals surface area contributed by atoms with E-state index in [1.807, 2.05) is 42.5 Å². The largest absolute Gasteiger partial charge is 0.456 e. The fourth-order valence-electron chi connectivity index (χ4n) is 6.36. The zero-order valence-electron chi connectivity index (χ0n) is 24.0. The third-order valence-corrected chi connectivity index (χ3v) is 8.57. The molecule has 0 spiro atoms. The zero-order valence-corrected chi connectivity index (χ0v) is 24.0. The van der Waals surface area contributed by atoms with Crippen molar-refractivity contribution in [1.82, 2.24) is 15.0 Å². The molecule has 2 aromatic heterocycles. The van der Waals surface area contributed by atoms with Gasteiger partial charge in [0.2, 0.25) is 0 Å². The highest BCUT2D eigenvalue weighted by atomic mass is 16.3. The van der Waals surface area contributed by atoms with Crippen molar-refractivity contribution in [3.05, 3.63) is 139 Å². The standard InChI is InChI=1S/C40H25N3O/c1-24-15-17-26(18-16-24)39-41-38(25-9-3-2-4-10-25)42-40(43-39)27-19-20-30-32(21-27)28-11-5-6-12-29(28)33-22-35-31-13-7-8-14-36(31)44-37(35)23-34(30)33/h2-23H,1H3. The van der Waals surface area contributed by atoms with Crippen LogP contribution in [0, 0.1) is 6.92 Å². The molecule has 0 aliphatic heterocycles. The smallest absolute Gasteiger partial charge is 0.164 e. The summed E-state index contributed by atoms with van der Waals surface area (Å²) in [6, 6.07) is 46.4. The monoisotopic (exact) mass is 563 g/mol. The zero-order chi connectivity index (χ0) is 29.2. The highest BCUT2D eigenvalue weighted by Crippen LogP contribution is 2.41. The summed E-state index contributed by atoms with van der Waals surface area (Å²) in [5, 5.41) is 9.38. The minimum Gasteiger partial charge on any atom is -0.456 e. The molecule has 0 unspecified atom stereocenters. The maximum absolute atomic E-state index is 6.31. The molecule has 0 saturated heterocycles. The number of rotatable bonds is 3. The molecule has 0 saturated carbocycles. The normalized spacial score (nSPS) is 11.8. The Bertz CT molecular complexity index is 2550. The van der Waals surface area contributed by atoms with Crippen LogP contribution in [-0.4, -0.2) is 15.0 Å². The van der Waals surface area contributed by atoms with E-state index < -0.39 is 0 Å². The summed E-state index contributed by atoms with van der Waals surface area (Å²) in [5.41, 5.74) is 5.86. The molecule has 0 N–H and O–H groups in total. The summed E-state index contributed by atoms with van der Waals surface area (Å²) in [7, 11) is 0. The number of furan rings is 1. The Morgan fingerprint density at radius 2 is 0.886 bits per heavy atom. The second-order valence-corrected chi connectivity index (χ2v) is 11.3. The molecular weight excluding hydrogens is 538 g/mol. The van der Waals surface area contributed by atoms with E-state index in [4.69, 9.17) is 19.4 Å². The van der Waals surface area contributed by atoms with Gasteiger partial charge in [-0.15, -0.1) is 0 Å². The molecular formula is C40H25N3O. The van der Waals surface area contributed by atoms with Crippen LogP contribution in [-0.2, 0) is 0 Å². The van der Waals surface area contributed by atoms with Crippen molar-refractivity contribution in [3.63, 3.8) is 0 Å². The average Bonchev–Trinajstić information content (AvgIpc) is 3.45. The third kappa shape index (κ3) is 3.89. The van der Waals surface area contributed by atoms with E-state index in [0.717, 1.165) is 49.4 Å². The van der Waals surface area contributed by atoms with E-state index in [0.29, 0.717) is 17.5 Å². The molecule has 0 fully saturated rings. The number of nitrogens with zero attached hydrogens (tertiary/aromatic N) is 3. The summed E-state index contributed by atoms with van der Waals surface area (Å²) >= 11 is 0. The van der Waals surface area contributed by atoms with Crippen molar-refractivity contribution < 1.29 is 4.42 Å². The van der Waals surface area contributed by atoms with Gasteiger partial charge in [0.05, 0.1) is 0 Å². The van der Waals surface area contributed by atoms with Crippen LogP contribution in [0.5, 0.6) is 0 Å². The molecule has 0 amide bonds. The van der Waals surface area contributed by atoms with E-state index >= 15 is 0 Å². The van der Waals surface area contributed by atoms with Crippen LogP contribution >= 0.6 is 0 Å². The van der Waals surface area contributed by atoms with Crippen molar-refractivity contribution in [1.29, 1.82) is 0 Å². The molecule has 0 aliphatic carbocycles. The number of aryl methyl sites for hydroxylation is 1. The van der Waals surface area contributed by atoms with Gasteiger partial charge in [-0.25, -0.2) is 15.0 Å². The van der Waals surface area contributed by atoms with Crippen molar-refractivity contribution >= 4 is 54.3 Å². The van der Waals surface area contributed by atoms with Crippen molar-refractivity contribution in [3.8, 4) is 34.2 Å². The van der Waals surface area contributed by atoms with E-state index in [2.05, 4.69) is 97.9 Å². The number of benzene rings is 7. The van der Waals surface area contributed by atoms with Crippen LogP contribution < -0.4 is 0 Å². The third-order valence-electron chi connectivity index (χ3n) is 8.57. The van der Waals surface area contributed by atoms with Gasteiger partial charge in [-0.05, 0) is 63.5 Å². The Morgan fingerprint density at radius 3 is 1.61 bits per heavy atom. The Balaban J connectivity index is 1.31. The van der Waals surface area contributed by atoms with Crippen LogP contribution in [0.1, 0.15) is 5.56 Å². The van der Waals surface area contributed by atoms with Crippen LogP contribution in [0.4, 0.5) is 0 Å². The van der Waals surface area contributed by atoms with E-state index in [-0.39, 0.29) is 0 Å². The van der Waals surface area contributed by atoms with Crippen LogP contribution in [0.25, 0.3) is 88.4 Å². The molecule has 0 aliphatic rings. The van der Waals surface area contributed by atoms with Crippen LogP contribution in [0.2, 0.25) is 0 Å². The topological polar surface area (TPSA) is 51.8 Å². The lowest BCUT2D eigenvalue weighted by Gasteiger charge is -2.13. The second kappa shape index (κ2) is 9.58. The second-order valence-electron chi connectivity index (χ2n) is 11.3. The highest BCUT2D eigenvalue weighted by molar-refractivity contribution is 6.28. The lowest BCUT2D eigenvalue weighted by atomic mass is 9.92.